The lowest BCUT2D eigenvalue weighted by Crippen LogP contribution is -2.60. The van der Waals surface area contributed by atoms with Crippen molar-refractivity contribution >= 4 is 33.5 Å². The van der Waals surface area contributed by atoms with Gasteiger partial charge < -0.3 is 19.9 Å². The van der Waals surface area contributed by atoms with Crippen molar-refractivity contribution in [1.29, 1.82) is 0 Å². The summed E-state index contributed by atoms with van der Waals surface area (Å²) in [6.45, 7) is 13.0. The summed E-state index contributed by atoms with van der Waals surface area (Å²) < 4.78 is 44.3. The number of fused-ring (bicyclic) bond motifs is 1. The van der Waals surface area contributed by atoms with Gasteiger partial charge in [-0.15, -0.1) is 11.3 Å². The van der Waals surface area contributed by atoms with Crippen molar-refractivity contribution in [3.05, 3.63) is 17.3 Å². The van der Waals surface area contributed by atoms with Crippen LogP contribution in [0.5, 0.6) is 0 Å². The molecular formula is C26H38F3N5O2S. The quantitative estimate of drug-likeness (QED) is 0.511. The molecule has 2 aromatic heterocycles. The molecule has 7 nitrogen and oxygen atoms in total. The number of ether oxygens (including phenoxy) is 1. The van der Waals surface area contributed by atoms with Gasteiger partial charge in [0, 0.05) is 49.1 Å². The fourth-order valence-corrected chi connectivity index (χ4v) is 6.29. The van der Waals surface area contributed by atoms with Gasteiger partial charge in [0.05, 0.1) is 11.8 Å². The van der Waals surface area contributed by atoms with E-state index >= 15 is 0 Å². The standard InChI is InChI=1S/C26H38F3N5O2S/c1-16(2)21(17-13-34(14-17)24(35)36-25(3,4)5)32-18-7-6-9-33(10-8-18)22-20-11-19(12-26(27,28)29)37-23(20)31-15-30-22/h11,15-18,21,32H,6-10,12-14H2,1-5H3. The van der Waals surface area contributed by atoms with Gasteiger partial charge in [-0.05, 0) is 52.0 Å². The van der Waals surface area contributed by atoms with E-state index in [1.54, 1.807) is 11.0 Å². The number of nitrogens with zero attached hydrogens (tertiary/aromatic N) is 4. The molecule has 2 atom stereocenters. The van der Waals surface area contributed by atoms with E-state index in [0.29, 0.717) is 47.2 Å². The third kappa shape index (κ3) is 7.25. The van der Waals surface area contributed by atoms with Crippen molar-refractivity contribution in [2.45, 2.75) is 84.2 Å². The number of anilines is 1. The maximum Gasteiger partial charge on any atom is 0.410 e. The Morgan fingerprint density at radius 3 is 2.57 bits per heavy atom. The van der Waals surface area contributed by atoms with Gasteiger partial charge in [0.15, 0.2) is 0 Å². The number of carbonyl (C=O) groups excluding carboxylic acids is 1. The molecule has 2 aliphatic heterocycles. The molecule has 2 unspecified atom stereocenters. The first-order chi connectivity index (χ1) is 17.3. The molecule has 0 aromatic carbocycles. The topological polar surface area (TPSA) is 70.6 Å². The summed E-state index contributed by atoms with van der Waals surface area (Å²) in [5.41, 5.74) is -0.498. The summed E-state index contributed by atoms with van der Waals surface area (Å²) >= 11 is 1.09. The highest BCUT2D eigenvalue weighted by atomic mass is 32.1. The van der Waals surface area contributed by atoms with E-state index in [9.17, 15) is 18.0 Å². The summed E-state index contributed by atoms with van der Waals surface area (Å²) in [7, 11) is 0. The molecule has 1 amide bonds. The average molecular weight is 542 g/mol. The number of halogens is 3. The molecule has 1 N–H and O–H groups in total. The monoisotopic (exact) mass is 541 g/mol. The van der Waals surface area contributed by atoms with Crippen LogP contribution in [0.4, 0.5) is 23.8 Å². The maximum absolute atomic E-state index is 12.9. The predicted octanol–water partition coefficient (Wildman–Crippen LogP) is 5.64. The van der Waals surface area contributed by atoms with Crippen LogP contribution in [-0.4, -0.2) is 71.0 Å². The molecule has 4 heterocycles. The molecule has 206 valence electrons. The van der Waals surface area contributed by atoms with Gasteiger partial charge in [0.1, 0.15) is 22.6 Å². The van der Waals surface area contributed by atoms with Gasteiger partial charge in [-0.25, -0.2) is 14.8 Å². The number of alkyl halides is 3. The van der Waals surface area contributed by atoms with Gasteiger partial charge in [-0.1, -0.05) is 13.8 Å². The largest absolute Gasteiger partial charge is 0.444 e. The van der Waals surface area contributed by atoms with Crippen molar-refractivity contribution in [3.8, 4) is 0 Å². The summed E-state index contributed by atoms with van der Waals surface area (Å²) in [6.07, 6.45) is -1.10. The lowest BCUT2D eigenvalue weighted by Gasteiger charge is -2.46. The lowest BCUT2D eigenvalue weighted by atomic mass is 9.84. The van der Waals surface area contributed by atoms with Crippen molar-refractivity contribution in [1.82, 2.24) is 20.2 Å². The van der Waals surface area contributed by atoms with Crippen molar-refractivity contribution in [3.63, 3.8) is 0 Å². The van der Waals surface area contributed by atoms with E-state index in [0.717, 1.165) is 49.5 Å². The minimum atomic E-state index is -4.24. The molecule has 0 saturated carbocycles. The Kier molecular flexibility index (Phi) is 8.23. The SMILES string of the molecule is CC(C)C(NC1CCCN(c2ncnc3sc(CC(F)(F)F)cc23)CC1)C1CN(C(=O)OC(C)(C)C)C1. The zero-order chi connectivity index (χ0) is 27.0. The van der Waals surface area contributed by atoms with Crippen LogP contribution in [0.2, 0.25) is 0 Å². The second-order valence-electron chi connectivity index (χ2n) is 11.6. The van der Waals surface area contributed by atoms with Crippen LogP contribution in [0.3, 0.4) is 0 Å². The molecule has 0 bridgehead atoms. The van der Waals surface area contributed by atoms with Gasteiger partial charge in [0.2, 0.25) is 0 Å². The number of hydrogen-bond donors (Lipinski definition) is 1. The number of nitrogens with one attached hydrogen (secondary N) is 1. The Morgan fingerprint density at radius 2 is 1.92 bits per heavy atom. The van der Waals surface area contributed by atoms with Crippen LogP contribution in [0.25, 0.3) is 10.2 Å². The van der Waals surface area contributed by atoms with Gasteiger partial charge >= 0.3 is 12.3 Å². The Labute approximate surface area is 220 Å². The molecule has 4 rings (SSSR count). The number of thiophene rings is 1. The second-order valence-corrected chi connectivity index (χ2v) is 12.7. The minimum absolute atomic E-state index is 0.251. The molecule has 0 radical (unpaired) electrons. The van der Waals surface area contributed by atoms with Crippen molar-refractivity contribution in [2.24, 2.45) is 11.8 Å². The van der Waals surface area contributed by atoms with E-state index in [1.165, 1.54) is 6.33 Å². The molecule has 0 spiro atoms. The van der Waals surface area contributed by atoms with Crippen LogP contribution in [0.1, 0.15) is 58.8 Å². The van der Waals surface area contributed by atoms with Crippen LogP contribution < -0.4 is 10.2 Å². The molecule has 11 heteroatoms. The first-order valence-corrected chi connectivity index (χ1v) is 13.9. The lowest BCUT2D eigenvalue weighted by molar-refractivity contribution is -0.126. The summed E-state index contributed by atoms with van der Waals surface area (Å²) in [5.74, 6) is 1.53. The number of rotatable bonds is 6. The second kappa shape index (κ2) is 10.9. The molecular weight excluding hydrogens is 503 g/mol. The van der Waals surface area contributed by atoms with E-state index in [2.05, 4.69) is 34.0 Å². The van der Waals surface area contributed by atoms with Crippen molar-refractivity contribution in [2.75, 3.05) is 31.1 Å². The minimum Gasteiger partial charge on any atom is -0.444 e. The predicted molar refractivity (Wildman–Crippen MR) is 140 cm³/mol. The van der Waals surface area contributed by atoms with E-state index in [4.69, 9.17) is 4.74 Å². The Hall–Kier alpha value is -2.14. The van der Waals surface area contributed by atoms with E-state index < -0.39 is 18.2 Å². The summed E-state index contributed by atoms with van der Waals surface area (Å²) in [4.78, 5) is 25.9. The fraction of sp³-hybridized carbons (Fsp3) is 0.731. The number of amides is 1. The van der Waals surface area contributed by atoms with Gasteiger partial charge in [-0.2, -0.15) is 13.2 Å². The van der Waals surface area contributed by atoms with Crippen LogP contribution in [0.15, 0.2) is 12.4 Å². The highest BCUT2D eigenvalue weighted by Gasteiger charge is 2.40. The van der Waals surface area contributed by atoms with Crippen LogP contribution >= 0.6 is 11.3 Å². The Bertz CT molecular complexity index is 1080. The fourth-order valence-electron chi connectivity index (χ4n) is 5.26. The normalized spacial score (nSPS) is 20.7. The molecule has 0 aliphatic carbocycles. The first kappa shape index (κ1) is 27.9. The first-order valence-electron chi connectivity index (χ1n) is 13.1. The van der Waals surface area contributed by atoms with E-state index in [-0.39, 0.29) is 11.0 Å². The molecule has 2 aliphatic rings. The van der Waals surface area contributed by atoms with Gasteiger partial charge in [0.25, 0.3) is 0 Å². The Morgan fingerprint density at radius 1 is 1.19 bits per heavy atom. The zero-order valence-electron chi connectivity index (χ0n) is 22.3. The highest BCUT2D eigenvalue weighted by molar-refractivity contribution is 7.18. The number of likely N-dealkylation sites (tertiary alicyclic amines) is 1. The van der Waals surface area contributed by atoms with Crippen LogP contribution in [0, 0.1) is 11.8 Å². The molecule has 2 fully saturated rings. The maximum atomic E-state index is 12.9. The summed E-state index contributed by atoms with van der Waals surface area (Å²) in [5, 5.41) is 4.59. The average Bonchev–Trinajstić information content (AvgIpc) is 2.98. The Balaban J connectivity index is 1.36. The summed E-state index contributed by atoms with van der Waals surface area (Å²) in [6, 6.07) is 2.22. The van der Waals surface area contributed by atoms with E-state index in [1.807, 2.05) is 20.8 Å². The smallest absolute Gasteiger partial charge is 0.410 e. The number of hydrogen-bond acceptors (Lipinski definition) is 7. The molecule has 37 heavy (non-hydrogen) atoms. The van der Waals surface area contributed by atoms with Crippen LogP contribution in [-0.2, 0) is 11.2 Å². The number of carbonyl (C=O) groups is 1. The molecule has 2 aromatic rings. The number of aromatic nitrogens is 2. The van der Waals surface area contributed by atoms with Gasteiger partial charge in [-0.3, -0.25) is 0 Å². The molecule has 2 saturated heterocycles. The third-order valence-corrected chi connectivity index (χ3v) is 8.02. The van der Waals surface area contributed by atoms with Crippen molar-refractivity contribution < 1.29 is 22.7 Å². The zero-order valence-corrected chi connectivity index (χ0v) is 23.1. The highest BCUT2D eigenvalue weighted by Crippen LogP contribution is 2.34. The third-order valence-electron chi connectivity index (χ3n) is 6.98.